The summed E-state index contributed by atoms with van der Waals surface area (Å²) in [6.07, 6.45) is 3.44. The minimum absolute atomic E-state index is 0.00219. The number of rotatable bonds is 1. The van der Waals surface area contributed by atoms with Crippen LogP contribution in [0.3, 0.4) is 0 Å². The Hall–Kier alpha value is -3.26. The highest BCUT2D eigenvalue weighted by atomic mass is 35.5. The maximum Gasteiger partial charge on any atom is 0.159 e. The number of thiophene rings is 1. The molecule has 2 bridgehead atoms. The number of nitrogens with zero attached hydrogens (tertiary/aromatic N) is 4. The summed E-state index contributed by atoms with van der Waals surface area (Å²) in [5.41, 5.74) is 6.41. The fourth-order valence-corrected chi connectivity index (χ4v) is 7.08. The second-order valence-electron chi connectivity index (χ2n) is 9.08. The van der Waals surface area contributed by atoms with Crippen LogP contribution in [0.2, 0.25) is 5.02 Å². The Kier molecular flexibility index (Phi) is 4.43. The minimum Gasteiger partial charge on any atom is -0.489 e. The second-order valence-corrected chi connectivity index (χ2v) is 10.5. The highest BCUT2D eigenvalue weighted by Crippen LogP contribution is 2.51. The van der Waals surface area contributed by atoms with Crippen LogP contribution in [0, 0.1) is 23.0 Å². The summed E-state index contributed by atoms with van der Waals surface area (Å²) in [4.78, 5) is 11.0. The molecule has 5 heterocycles. The van der Waals surface area contributed by atoms with Crippen LogP contribution >= 0.6 is 22.9 Å². The highest BCUT2D eigenvalue weighted by molar-refractivity contribution is 7.23. The van der Waals surface area contributed by atoms with Gasteiger partial charge in [-0.2, -0.15) is 5.26 Å². The van der Waals surface area contributed by atoms with Gasteiger partial charge in [0.1, 0.15) is 41.2 Å². The van der Waals surface area contributed by atoms with Crippen molar-refractivity contribution in [3.63, 3.8) is 0 Å². The number of fused-ring (bicyclic) bond motifs is 6. The molecule has 2 aromatic carbocycles. The van der Waals surface area contributed by atoms with E-state index < -0.39 is 11.6 Å². The van der Waals surface area contributed by atoms with E-state index in [1.807, 2.05) is 6.07 Å². The normalized spacial score (nSPS) is 22.7. The number of ether oxygens (including phenoxy) is 1. The quantitative estimate of drug-likeness (QED) is 0.386. The molecule has 2 saturated heterocycles. The molecule has 176 valence electrons. The molecule has 7 rings (SSSR count). The first-order valence-corrected chi connectivity index (χ1v) is 12.4. The van der Waals surface area contributed by atoms with Crippen molar-refractivity contribution in [1.29, 1.82) is 5.26 Å². The molecule has 0 radical (unpaired) electrons. The predicted molar refractivity (Wildman–Crippen MR) is 131 cm³/mol. The van der Waals surface area contributed by atoms with E-state index in [2.05, 4.69) is 20.2 Å². The summed E-state index contributed by atoms with van der Waals surface area (Å²) in [5, 5.41) is 14.2. The zero-order valence-corrected chi connectivity index (χ0v) is 19.7. The van der Waals surface area contributed by atoms with Gasteiger partial charge >= 0.3 is 0 Å². The first kappa shape index (κ1) is 21.1. The molecule has 3 N–H and O–H groups in total. The molecular formula is C24H17ClF2N6OS. The molecule has 3 aliphatic rings. The number of piperazine rings is 1. The molecule has 3 atom stereocenters. The molecule has 35 heavy (non-hydrogen) atoms. The van der Waals surface area contributed by atoms with Crippen LogP contribution in [-0.2, 0) is 0 Å². The molecule has 2 fully saturated rings. The molecule has 7 nitrogen and oxygen atoms in total. The summed E-state index contributed by atoms with van der Waals surface area (Å²) in [7, 11) is 0. The van der Waals surface area contributed by atoms with E-state index in [0.29, 0.717) is 23.9 Å². The van der Waals surface area contributed by atoms with Crippen molar-refractivity contribution in [3.8, 4) is 22.9 Å². The zero-order chi connectivity index (χ0) is 24.0. The smallest absolute Gasteiger partial charge is 0.159 e. The Morgan fingerprint density at radius 2 is 2.11 bits per heavy atom. The number of benzene rings is 2. The number of hydrogen-bond donors (Lipinski definition) is 2. The van der Waals surface area contributed by atoms with E-state index in [-0.39, 0.29) is 60.2 Å². The molecule has 0 unspecified atom stereocenters. The van der Waals surface area contributed by atoms with Gasteiger partial charge in [-0.1, -0.05) is 17.7 Å². The standard InChI is InChI=1S/C24H17ClF2N6OS/c25-18-16(10-2-3-12(26)22-15(10)11(5-28)23(29)35-22)19(27)20-17-21(18)34-7-14-13-4-1-9(32-13)6-33(14)24(17)31-8-30-20/h2-3,8-9,13-14,32H,1,4,6-7,29H2/t9-,13+,14-/m1/s1. The fourth-order valence-electron chi connectivity index (χ4n) is 5.79. The lowest BCUT2D eigenvalue weighted by Gasteiger charge is -2.40. The van der Waals surface area contributed by atoms with Crippen molar-refractivity contribution < 1.29 is 13.5 Å². The average Bonchev–Trinajstić information content (AvgIpc) is 3.35. The molecule has 0 spiro atoms. The number of aromatic nitrogens is 2. The fraction of sp³-hybridized carbons (Fsp3) is 0.292. The summed E-state index contributed by atoms with van der Waals surface area (Å²) in [6.45, 7) is 1.07. The molecular weight excluding hydrogens is 494 g/mol. The first-order chi connectivity index (χ1) is 17.0. The summed E-state index contributed by atoms with van der Waals surface area (Å²) >= 11 is 7.81. The van der Waals surface area contributed by atoms with Crippen molar-refractivity contribution in [3.05, 3.63) is 40.7 Å². The van der Waals surface area contributed by atoms with Gasteiger partial charge in [-0.3, -0.25) is 0 Å². The van der Waals surface area contributed by atoms with Crippen LogP contribution in [0.5, 0.6) is 5.75 Å². The number of nitrogen functional groups attached to an aromatic ring is 1. The van der Waals surface area contributed by atoms with E-state index in [0.717, 1.165) is 30.7 Å². The van der Waals surface area contributed by atoms with Crippen LogP contribution in [0.25, 0.3) is 32.1 Å². The molecule has 0 amide bonds. The molecule has 0 saturated carbocycles. The topological polar surface area (TPSA) is 100 Å². The van der Waals surface area contributed by atoms with Crippen LogP contribution < -0.4 is 20.7 Å². The number of halogens is 3. The summed E-state index contributed by atoms with van der Waals surface area (Å²) in [6, 6.07) is 5.25. The predicted octanol–water partition coefficient (Wildman–Crippen LogP) is 4.60. The monoisotopic (exact) mass is 510 g/mol. The third kappa shape index (κ3) is 2.77. The van der Waals surface area contributed by atoms with Gasteiger partial charge in [0, 0.05) is 29.6 Å². The summed E-state index contributed by atoms with van der Waals surface area (Å²) in [5.74, 6) is -0.338. The summed E-state index contributed by atoms with van der Waals surface area (Å²) < 4.78 is 37.3. The van der Waals surface area contributed by atoms with Gasteiger partial charge in [0.25, 0.3) is 0 Å². The van der Waals surface area contributed by atoms with Gasteiger partial charge in [-0.15, -0.1) is 11.3 Å². The number of nitrogens with two attached hydrogens (primary N) is 1. The molecule has 2 aromatic heterocycles. The lowest BCUT2D eigenvalue weighted by atomic mass is 9.96. The van der Waals surface area contributed by atoms with E-state index in [1.165, 1.54) is 18.5 Å². The SMILES string of the molecule is N#Cc1c(N)sc2c(F)ccc(-c3c(Cl)c4c5c(ncnc5c3F)N3C[C@H]5CC[C@H](N5)[C@H]3CO4)c12. The molecule has 0 aliphatic carbocycles. The number of nitrogens with one attached hydrogen (secondary N) is 1. The lowest BCUT2D eigenvalue weighted by Crippen LogP contribution is -2.60. The van der Waals surface area contributed by atoms with Gasteiger partial charge in [-0.05, 0) is 24.5 Å². The lowest BCUT2D eigenvalue weighted by molar-refractivity contribution is 0.244. The Labute approximate surface area is 207 Å². The van der Waals surface area contributed by atoms with Crippen molar-refractivity contribution in [2.45, 2.75) is 31.0 Å². The Morgan fingerprint density at radius 3 is 2.94 bits per heavy atom. The van der Waals surface area contributed by atoms with Crippen molar-refractivity contribution >= 4 is 54.7 Å². The van der Waals surface area contributed by atoms with Gasteiger partial charge in [0.05, 0.1) is 26.7 Å². The highest BCUT2D eigenvalue weighted by Gasteiger charge is 2.44. The van der Waals surface area contributed by atoms with Crippen LogP contribution in [0.15, 0.2) is 18.5 Å². The van der Waals surface area contributed by atoms with Gasteiger partial charge in [0.15, 0.2) is 11.6 Å². The second kappa shape index (κ2) is 7.37. The Morgan fingerprint density at radius 1 is 1.26 bits per heavy atom. The van der Waals surface area contributed by atoms with Crippen molar-refractivity contribution in [1.82, 2.24) is 15.3 Å². The van der Waals surface area contributed by atoms with Crippen molar-refractivity contribution in [2.24, 2.45) is 0 Å². The van der Waals surface area contributed by atoms with E-state index in [1.54, 1.807) is 0 Å². The van der Waals surface area contributed by atoms with Crippen LogP contribution in [0.1, 0.15) is 18.4 Å². The number of anilines is 2. The average molecular weight is 511 g/mol. The van der Waals surface area contributed by atoms with Gasteiger partial charge in [0.2, 0.25) is 0 Å². The first-order valence-electron chi connectivity index (χ1n) is 11.2. The Bertz CT molecular complexity index is 1620. The Balaban J connectivity index is 1.54. The number of hydrogen-bond acceptors (Lipinski definition) is 8. The number of nitriles is 1. The van der Waals surface area contributed by atoms with Crippen LogP contribution in [-0.4, -0.2) is 41.2 Å². The van der Waals surface area contributed by atoms with Gasteiger partial charge < -0.3 is 20.7 Å². The minimum atomic E-state index is -0.681. The third-order valence-electron chi connectivity index (χ3n) is 7.33. The van der Waals surface area contributed by atoms with E-state index in [9.17, 15) is 9.65 Å². The molecule has 11 heteroatoms. The third-order valence-corrected chi connectivity index (χ3v) is 8.72. The van der Waals surface area contributed by atoms with Crippen molar-refractivity contribution in [2.75, 3.05) is 23.8 Å². The zero-order valence-electron chi connectivity index (χ0n) is 18.1. The molecule has 3 aliphatic heterocycles. The van der Waals surface area contributed by atoms with E-state index in [4.69, 9.17) is 22.1 Å². The van der Waals surface area contributed by atoms with Gasteiger partial charge in [-0.25, -0.2) is 18.7 Å². The van der Waals surface area contributed by atoms with E-state index >= 15 is 4.39 Å². The largest absolute Gasteiger partial charge is 0.489 e. The molecule has 4 aromatic rings. The van der Waals surface area contributed by atoms with Crippen LogP contribution in [0.4, 0.5) is 19.6 Å². The maximum atomic E-state index is 16.3. The maximum absolute atomic E-state index is 16.3.